The van der Waals surface area contributed by atoms with Crippen LogP contribution in [0.4, 0.5) is 0 Å². The van der Waals surface area contributed by atoms with Crippen LogP contribution in [0.3, 0.4) is 0 Å². The zero-order valence-electron chi connectivity index (χ0n) is 64.1. The Balaban J connectivity index is 0.000000112. The first kappa shape index (κ1) is 70.0. The van der Waals surface area contributed by atoms with Crippen molar-refractivity contribution in [3.63, 3.8) is 0 Å². The van der Waals surface area contributed by atoms with Crippen molar-refractivity contribution < 1.29 is 13.3 Å². The Kier molecular flexibility index (Phi) is 17.4. The second kappa shape index (κ2) is 29.9. The van der Waals surface area contributed by atoms with Gasteiger partial charge in [0.15, 0.2) is 34.2 Å². The molecule has 0 spiro atoms. The van der Waals surface area contributed by atoms with Crippen molar-refractivity contribution in [1.82, 2.24) is 63.5 Å². The summed E-state index contributed by atoms with van der Waals surface area (Å²) in [6, 6.07) is 123. The van der Waals surface area contributed by atoms with Crippen LogP contribution in [0.25, 0.3) is 218 Å². The predicted molar refractivity (Wildman–Crippen MR) is 479 cm³/mol. The molecule has 16 nitrogen and oxygen atoms in total. The van der Waals surface area contributed by atoms with Crippen LogP contribution in [0, 0.1) is 0 Å². The van der Waals surface area contributed by atoms with Gasteiger partial charge in [0.25, 0.3) is 0 Å². The fraction of sp³-hybridized carbons (Fsp3) is 0. The number of oxazole rings is 3. The van der Waals surface area contributed by atoms with Crippen LogP contribution >= 0.6 is 0 Å². The molecule has 0 fully saturated rings. The number of nitrogens with zero attached hydrogens (tertiary/aromatic N) is 13. The smallest absolute Gasteiger partial charge is 0.227 e. The van der Waals surface area contributed by atoms with Gasteiger partial charge in [-0.15, -0.1) is 0 Å². The molecule has 0 aliphatic rings. The van der Waals surface area contributed by atoms with Gasteiger partial charge >= 0.3 is 0 Å². The largest absolute Gasteiger partial charge is 0.435 e. The maximum Gasteiger partial charge on any atom is 0.227 e. The SMILES string of the molecule is c1ccc(-c2cccc(-n3c4ccccc4c4c5oc(-c6ccccc6)nc5ccc43)n2)cc1.c1ccc(-c2nc3ccc4c(c5ccccc5n4-c4ccc(-c5nc(-c6ccncc6)nc(-c6ccc(-c7ccncc7)cc6)n5)cc4)c3o2)cc1.c1ccc(-c2nc3ccc4c(c5ccccc5n4-c4cccc(-c5ccccn5)c4)c3o2)cc1. The van der Waals surface area contributed by atoms with Crippen LogP contribution < -0.4 is 0 Å². The van der Waals surface area contributed by atoms with Crippen LogP contribution in [0.5, 0.6) is 0 Å². The second-order valence-electron chi connectivity index (χ2n) is 29.1. The molecule has 0 unspecified atom stereocenters. The van der Waals surface area contributed by atoms with E-state index in [4.69, 9.17) is 48.1 Å². The first-order valence-electron chi connectivity index (χ1n) is 39.5. The van der Waals surface area contributed by atoms with Gasteiger partial charge in [0.05, 0.1) is 60.6 Å². The molecule has 0 aliphatic heterocycles. The molecule has 0 bridgehead atoms. The first-order chi connectivity index (χ1) is 59.5. The molecule has 24 rings (SSSR count). The van der Waals surface area contributed by atoms with Crippen LogP contribution in [-0.4, -0.2) is 63.5 Å². The molecule has 11 aromatic heterocycles. The maximum atomic E-state index is 6.47. The average molecular weight is 1540 g/mol. The molecule has 0 saturated heterocycles. The second-order valence-corrected chi connectivity index (χ2v) is 29.1. The molecule has 0 saturated carbocycles. The lowest BCUT2D eigenvalue weighted by Crippen LogP contribution is -2.00. The Hall–Kier alpha value is -16.7. The number of hydrogen-bond donors (Lipinski definition) is 0. The van der Waals surface area contributed by atoms with E-state index in [9.17, 15) is 0 Å². The molecular formula is C104H65N13O3. The van der Waals surface area contributed by atoms with Crippen molar-refractivity contribution in [2.24, 2.45) is 0 Å². The van der Waals surface area contributed by atoms with Gasteiger partial charge in [-0.1, -0.05) is 188 Å². The first-order valence-corrected chi connectivity index (χ1v) is 39.5. The van der Waals surface area contributed by atoms with E-state index in [0.717, 1.165) is 183 Å². The van der Waals surface area contributed by atoms with Gasteiger partial charge in [-0.2, -0.15) is 0 Å². The number of rotatable bonds is 12. The minimum absolute atomic E-state index is 0.582. The van der Waals surface area contributed by atoms with E-state index < -0.39 is 0 Å². The fourth-order valence-corrected chi connectivity index (χ4v) is 16.3. The van der Waals surface area contributed by atoms with Gasteiger partial charge in [-0.05, 0) is 187 Å². The van der Waals surface area contributed by atoms with Gasteiger partial charge in [0.2, 0.25) is 17.7 Å². The Labute approximate surface area is 685 Å². The van der Waals surface area contributed by atoms with Crippen molar-refractivity contribution in [2.45, 2.75) is 0 Å². The third-order valence-corrected chi connectivity index (χ3v) is 21.8. The van der Waals surface area contributed by atoms with E-state index in [-0.39, 0.29) is 0 Å². The van der Waals surface area contributed by atoms with Crippen LogP contribution in [-0.2, 0) is 0 Å². The summed E-state index contributed by atoms with van der Waals surface area (Å²) in [4.78, 5) is 47.1. The standard InChI is InChI=1S/C44H27N7O.2C30H19N3O/c1-2-6-33(7-3-1)44-47-36-18-19-38-39(40(36)52-44)35-8-4-5-9-37(35)51(38)34-16-14-31(15-17-34)42-48-41(49-43(50-42)32-22-26-46-27-23-32)30-12-10-28(11-13-30)29-20-24-45-25-21-29;1-3-10-20(11-4-1)23-15-9-17-27(31-23)33-25-16-8-7-14-22(25)28-26(33)19-18-24-29(28)34-30(32-24)21-12-5-2-6-13-21;1-2-9-20(10-3-1)30-32-25-16-17-27-28(29(25)34-30)23-13-4-5-15-26(23)33(27)22-12-8-11-21(19-22)24-14-6-7-18-31-24/h1-27H;2*1-19H. The molecule has 13 aromatic carbocycles. The highest BCUT2D eigenvalue weighted by Crippen LogP contribution is 2.44. The van der Waals surface area contributed by atoms with Crippen LogP contribution in [0.15, 0.2) is 408 Å². The van der Waals surface area contributed by atoms with E-state index in [2.05, 4.69) is 205 Å². The lowest BCUT2D eigenvalue weighted by Gasteiger charge is -2.11. The monoisotopic (exact) mass is 1540 g/mol. The number of pyridine rings is 4. The summed E-state index contributed by atoms with van der Waals surface area (Å²) in [7, 11) is 0. The van der Waals surface area contributed by atoms with Gasteiger partial charge in [-0.25, -0.2) is 34.9 Å². The average Bonchev–Trinajstić information content (AvgIpc) is 1.58. The summed E-state index contributed by atoms with van der Waals surface area (Å²) in [5.74, 6) is 4.50. The third kappa shape index (κ3) is 12.7. The Bertz CT molecular complexity index is 7660. The summed E-state index contributed by atoms with van der Waals surface area (Å²) in [5.41, 5.74) is 25.2. The Morgan fingerprint density at radius 2 is 0.575 bits per heavy atom. The molecule has 0 atom stereocenters. The molecule has 0 amide bonds. The molecule has 0 N–H and O–H groups in total. The van der Waals surface area contributed by atoms with Crippen molar-refractivity contribution in [3.05, 3.63) is 395 Å². The van der Waals surface area contributed by atoms with Crippen LogP contribution in [0.2, 0.25) is 0 Å². The Morgan fingerprint density at radius 3 is 1.05 bits per heavy atom. The van der Waals surface area contributed by atoms with E-state index in [1.165, 1.54) is 0 Å². The number of aromatic nitrogens is 13. The predicted octanol–water partition coefficient (Wildman–Crippen LogP) is 25.5. The quantitative estimate of drug-likeness (QED) is 0.113. The molecule has 120 heavy (non-hydrogen) atoms. The summed E-state index contributed by atoms with van der Waals surface area (Å²) < 4.78 is 26.0. The third-order valence-electron chi connectivity index (χ3n) is 21.8. The number of benzene rings is 13. The van der Waals surface area contributed by atoms with Crippen molar-refractivity contribution >= 4 is 98.7 Å². The molecular weight excluding hydrogens is 1480 g/mol. The van der Waals surface area contributed by atoms with Gasteiger partial charge < -0.3 is 22.4 Å². The van der Waals surface area contributed by atoms with Crippen molar-refractivity contribution in [2.75, 3.05) is 0 Å². The highest BCUT2D eigenvalue weighted by molar-refractivity contribution is 6.22. The summed E-state index contributed by atoms with van der Waals surface area (Å²) in [6.45, 7) is 0. The molecule has 0 radical (unpaired) electrons. The fourth-order valence-electron chi connectivity index (χ4n) is 16.3. The highest BCUT2D eigenvalue weighted by Gasteiger charge is 2.25. The summed E-state index contributed by atoms with van der Waals surface area (Å²) in [6.07, 6.45) is 8.92. The zero-order chi connectivity index (χ0) is 79.4. The van der Waals surface area contributed by atoms with Gasteiger partial charge in [0, 0.05) is 103 Å². The topological polar surface area (TPSA) is 183 Å². The molecule has 24 aromatic rings. The van der Waals surface area contributed by atoms with Crippen molar-refractivity contribution in [3.8, 4) is 119 Å². The van der Waals surface area contributed by atoms with E-state index in [1.54, 1.807) is 24.8 Å². The minimum Gasteiger partial charge on any atom is -0.435 e. The maximum absolute atomic E-state index is 6.47. The highest BCUT2D eigenvalue weighted by atomic mass is 16.4. The lowest BCUT2D eigenvalue weighted by molar-refractivity contribution is 0.622. The van der Waals surface area contributed by atoms with E-state index in [1.807, 2.05) is 194 Å². The van der Waals surface area contributed by atoms with E-state index >= 15 is 0 Å². The number of fused-ring (bicyclic) bond motifs is 15. The normalized spacial score (nSPS) is 11.5. The van der Waals surface area contributed by atoms with Gasteiger partial charge in [0.1, 0.15) is 22.4 Å². The minimum atomic E-state index is 0.582. The zero-order valence-corrected chi connectivity index (χ0v) is 64.1. The molecule has 11 heterocycles. The summed E-state index contributed by atoms with van der Waals surface area (Å²) in [5, 5.41) is 6.52. The molecule has 16 heteroatoms. The number of para-hydroxylation sites is 3. The number of hydrogen-bond acceptors (Lipinski definition) is 13. The lowest BCUT2D eigenvalue weighted by atomic mass is 10.0. The van der Waals surface area contributed by atoms with Crippen LogP contribution in [0.1, 0.15) is 0 Å². The summed E-state index contributed by atoms with van der Waals surface area (Å²) >= 11 is 0. The van der Waals surface area contributed by atoms with E-state index in [0.29, 0.717) is 35.1 Å². The molecule has 0 aliphatic carbocycles. The van der Waals surface area contributed by atoms with Gasteiger partial charge in [-0.3, -0.25) is 19.5 Å². The van der Waals surface area contributed by atoms with Crippen molar-refractivity contribution in [1.29, 1.82) is 0 Å². The molecule has 564 valence electrons. The Morgan fingerprint density at radius 1 is 0.208 bits per heavy atom.